The first-order valence-electron chi connectivity index (χ1n) is 5.75. The molecule has 1 aromatic heterocycles. The van der Waals surface area contributed by atoms with Gasteiger partial charge in [0.05, 0.1) is 0 Å². The molecule has 0 aliphatic heterocycles. The van der Waals surface area contributed by atoms with Crippen LogP contribution >= 0.6 is 0 Å². The zero-order chi connectivity index (χ0) is 14.1. The third kappa shape index (κ3) is 2.31. The number of hydrogen-bond acceptors (Lipinski definition) is 5. The molecule has 2 N–H and O–H groups in total. The first-order valence-corrected chi connectivity index (χ1v) is 5.75. The standard InChI is InChI=1S/C14H9FN2O3/c15-10-3-1-8(2-4-10)13-16-17-14(20-13)9-5-11(18)7-12(19)6-9/h1-7,18-19H. The second-order valence-corrected chi connectivity index (χ2v) is 4.16. The molecule has 5 nitrogen and oxygen atoms in total. The molecule has 6 heteroatoms. The van der Waals surface area contributed by atoms with Crippen molar-refractivity contribution in [1.29, 1.82) is 0 Å². The maximum absolute atomic E-state index is 12.8. The van der Waals surface area contributed by atoms with Gasteiger partial charge < -0.3 is 14.6 Å². The quantitative estimate of drug-likeness (QED) is 0.749. The largest absolute Gasteiger partial charge is 0.508 e. The molecular formula is C14H9FN2O3. The summed E-state index contributed by atoms with van der Waals surface area (Å²) in [4.78, 5) is 0. The maximum atomic E-state index is 12.8. The Bertz CT molecular complexity index is 733. The van der Waals surface area contributed by atoms with E-state index in [4.69, 9.17) is 4.42 Å². The lowest BCUT2D eigenvalue weighted by Crippen LogP contribution is -1.78. The molecule has 0 fully saturated rings. The lowest BCUT2D eigenvalue weighted by molar-refractivity contribution is 0.450. The Hall–Kier alpha value is -2.89. The Balaban J connectivity index is 1.99. The summed E-state index contributed by atoms with van der Waals surface area (Å²) in [6, 6.07) is 9.60. The topological polar surface area (TPSA) is 79.4 Å². The molecule has 0 saturated heterocycles. The summed E-state index contributed by atoms with van der Waals surface area (Å²) in [6.45, 7) is 0. The van der Waals surface area contributed by atoms with E-state index in [0.29, 0.717) is 11.1 Å². The highest BCUT2D eigenvalue weighted by Gasteiger charge is 2.12. The Morgan fingerprint density at radius 2 is 1.35 bits per heavy atom. The van der Waals surface area contributed by atoms with E-state index in [1.165, 1.54) is 42.5 Å². The number of benzene rings is 2. The summed E-state index contributed by atoms with van der Waals surface area (Å²) in [5.74, 6) is -0.201. The predicted octanol–water partition coefficient (Wildman–Crippen LogP) is 2.95. The van der Waals surface area contributed by atoms with Gasteiger partial charge in [-0.15, -0.1) is 10.2 Å². The highest BCUT2D eigenvalue weighted by Crippen LogP contribution is 2.29. The van der Waals surface area contributed by atoms with E-state index >= 15 is 0 Å². The first-order chi connectivity index (χ1) is 9.61. The third-order valence-electron chi connectivity index (χ3n) is 2.67. The van der Waals surface area contributed by atoms with Gasteiger partial charge in [-0.2, -0.15) is 0 Å². The summed E-state index contributed by atoms with van der Waals surface area (Å²) < 4.78 is 18.3. The van der Waals surface area contributed by atoms with Crippen LogP contribution < -0.4 is 0 Å². The van der Waals surface area contributed by atoms with E-state index in [2.05, 4.69) is 10.2 Å². The number of phenolic OH excluding ortho intramolecular Hbond substituents is 2. The van der Waals surface area contributed by atoms with Crippen molar-refractivity contribution < 1.29 is 19.0 Å². The number of rotatable bonds is 2. The minimum atomic E-state index is -0.355. The number of phenols is 2. The molecule has 0 unspecified atom stereocenters. The van der Waals surface area contributed by atoms with Crippen LogP contribution in [-0.2, 0) is 0 Å². The van der Waals surface area contributed by atoms with Gasteiger partial charge in [-0.25, -0.2) is 4.39 Å². The zero-order valence-electron chi connectivity index (χ0n) is 10.1. The molecule has 0 atom stereocenters. The average molecular weight is 272 g/mol. The Morgan fingerprint density at radius 1 is 0.800 bits per heavy atom. The van der Waals surface area contributed by atoms with E-state index < -0.39 is 0 Å². The molecule has 0 amide bonds. The van der Waals surface area contributed by atoms with Crippen LogP contribution in [0.25, 0.3) is 22.9 Å². The molecule has 3 aromatic rings. The van der Waals surface area contributed by atoms with Crippen molar-refractivity contribution in [1.82, 2.24) is 10.2 Å². The van der Waals surface area contributed by atoms with Crippen LogP contribution in [0.3, 0.4) is 0 Å². The number of halogens is 1. The number of hydrogen-bond donors (Lipinski definition) is 2. The van der Waals surface area contributed by atoms with Crippen LogP contribution in [0.4, 0.5) is 4.39 Å². The van der Waals surface area contributed by atoms with Crippen molar-refractivity contribution in [3.05, 3.63) is 48.3 Å². The molecule has 0 saturated carbocycles. The molecule has 2 aromatic carbocycles. The lowest BCUT2D eigenvalue weighted by atomic mass is 10.2. The Morgan fingerprint density at radius 3 is 1.95 bits per heavy atom. The fourth-order valence-electron chi connectivity index (χ4n) is 1.77. The van der Waals surface area contributed by atoms with Gasteiger partial charge in [0.15, 0.2) is 0 Å². The molecule has 20 heavy (non-hydrogen) atoms. The van der Waals surface area contributed by atoms with Crippen LogP contribution in [0, 0.1) is 5.82 Å². The van der Waals surface area contributed by atoms with Gasteiger partial charge in [0, 0.05) is 17.2 Å². The number of nitrogens with zero attached hydrogens (tertiary/aromatic N) is 2. The van der Waals surface area contributed by atoms with E-state index in [1.54, 1.807) is 0 Å². The van der Waals surface area contributed by atoms with Gasteiger partial charge in [0.25, 0.3) is 0 Å². The van der Waals surface area contributed by atoms with Gasteiger partial charge in [0.1, 0.15) is 17.3 Å². The van der Waals surface area contributed by atoms with Gasteiger partial charge in [0.2, 0.25) is 11.8 Å². The van der Waals surface area contributed by atoms with E-state index in [1.807, 2.05) is 0 Å². The highest BCUT2D eigenvalue weighted by molar-refractivity contribution is 5.61. The van der Waals surface area contributed by atoms with Crippen LogP contribution in [0.1, 0.15) is 0 Å². The fourth-order valence-corrected chi connectivity index (χ4v) is 1.77. The highest BCUT2D eigenvalue weighted by atomic mass is 19.1. The molecule has 0 spiro atoms. The molecular weight excluding hydrogens is 263 g/mol. The zero-order valence-corrected chi connectivity index (χ0v) is 10.1. The minimum Gasteiger partial charge on any atom is -0.508 e. The van der Waals surface area contributed by atoms with Crippen molar-refractivity contribution in [3.8, 4) is 34.4 Å². The molecule has 0 radical (unpaired) electrons. The van der Waals surface area contributed by atoms with Crippen LogP contribution in [0.15, 0.2) is 46.9 Å². The first kappa shape index (κ1) is 12.2. The van der Waals surface area contributed by atoms with E-state index in [0.717, 1.165) is 0 Å². The molecule has 1 heterocycles. The maximum Gasteiger partial charge on any atom is 0.248 e. The average Bonchev–Trinajstić information content (AvgIpc) is 2.88. The molecule has 0 bridgehead atoms. The van der Waals surface area contributed by atoms with Crippen LogP contribution in [0.2, 0.25) is 0 Å². The van der Waals surface area contributed by atoms with Crippen molar-refractivity contribution in [2.45, 2.75) is 0 Å². The number of aromatic nitrogens is 2. The molecule has 0 aliphatic rings. The van der Waals surface area contributed by atoms with Crippen molar-refractivity contribution in [2.75, 3.05) is 0 Å². The molecule has 3 rings (SSSR count). The minimum absolute atomic E-state index is 0.110. The van der Waals surface area contributed by atoms with Crippen LogP contribution in [-0.4, -0.2) is 20.4 Å². The van der Waals surface area contributed by atoms with Crippen molar-refractivity contribution in [3.63, 3.8) is 0 Å². The lowest BCUT2D eigenvalue weighted by Gasteiger charge is -1.98. The predicted molar refractivity (Wildman–Crippen MR) is 68.5 cm³/mol. The van der Waals surface area contributed by atoms with Crippen molar-refractivity contribution >= 4 is 0 Å². The number of aromatic hydroxyl groups is 2. The molecule has 100 valence electrons. The Labute approximate surface area is 113 Å². The van der Waals surface area contributed by atoms with Gasteiger partial charge in [-0.3, -0.25) is 0 Å². The smallest absolute Gasteiger partial charge is 0.248 e. The monoisotopic (exact) mass is 272 g/mol. The summed E-state index contributed by atoms with van der Waals surface area (Å²) in [5, 5.41) is 26.5. The third-order valence-corrected chi connectivity index (χ3v) is 2.67. The van der Waals surface area contributed by atoms with Crippen LogP contribution in [0.5, 0.6) is 11.5 Å². The SMILES string of the molecule is Oc1cc(O)cc(-c2nnc(-c3ccc(F)cc3)o2)c1. The summed E-state index contributed by atoms with van der Waals surface area (Å²) in [6.07, 6.45) is 0. The fraction of sp³-hybridized carbons (Fsp3) is 0. The second-order valence-electron chi connectivity index (χ2n) is 4.16. The van der Waals surface area contributed by atoms with Gasteiger partial charge in [-0.1, -0.05) is 0 Å². The second kappa shape index (κ2) is 4.65. The molecule has 0 aliphatic carbocycles. The van der Waals surface area contributed by atoms with E-state index in [-0.39, 0.29) is 29.1 Å². The summed E-state index contributed by atoms with van der Waals surface area (Å²) in [5.41, 5.74) is 0.970. The Kier molecular flexibility index (Phi) is 2.83. The van der Waals surface area contributed by atoms with Gasteiger partial charge >= 0.3 is 0 Å². The summed E-state index contributed by atoms with van der Waals surface area (Å²) in [7, 11) is 0. The van der Waals surface area contributed by atoms with E-state index in [9.17, 15) is 14.6 Å². The normalized spacial score (nSPS) is 10.7. The van der Waals surface area contributed by atoms with Crippen molar-refractivity contribution in [2.24, 2.45) is 0 Å². The summed E-state index contributed by atoms with van der Waals surface area (Å²) >= 11 is 0. The van der Waals surface area contributed by atoms with Gasteiger partial charge in [-0.05, 0) is 36.4 Å².